The van der Waals surface area contributed by atoms with E-state index < -0.39 is 0 Å². The first-order valence-corrected chi connectivity index (χ1v) is 12.4. The quantitative estimate of drug-likeness (QED) is 0.257. The third kappa shape index (κ3) is 2.93. The van der Waals surface area contributed by atoms with Gasteiger partial charge in [0.1, 0.15) is 5.69 Å². The summed E-state index contributed by atoms with van der Waals surface area (Å²) in [7, 11) is 0. The number of nitrogens with zero attached hydrogens (tertiary/aromatic N) is 3. The van der Waals surface area contributed by atoms with Crippen molar-refractivity contribution in [2.24, 2.45) is 0 Å². The summed E-state index contributed by atoms with van der Waals surface area (Å²) in [6.07, 6.45) is 0. The van der Waals surface area contributed by atoms with Crippen LogP contribution >= 0.6 is 0 Å². The lowest BCUT2D eigenvalue weighted by Gasteiger charge is -2.11. The van der Waals surface area contributed by atoms with Crippen molar-refractivity contribution in [1.29, 1.82) is 0 Å². The Bertz CT molecular complexity index is 2020. The van der Waals surface area contributed by atoms with Crippen molar-refractivity contribution < 1.29 is 4.42 Å². The Morgan fingerprint density at radius 2 is 1.03 bits per heavy atom. The van der Waals surface area contributed by atoms with Crippen molar-refractivity contribution in [2.45, 2.75) is 0 Å². The van der Waals surface area contributed by atoms with Crippen molar-refractivity contribution in [3.05, 3.63) is 127 Å². The van der Waals surface area contributed by atoms with Gasteiger partial charge in [0.25, 0.3) is 0 Å². The summed E-state index contributed by atoms with van der Waals surface area (Å²) in [4.78, 5) is 5.07. The molecule has 0 bridgehead atoms. The van der Waals surface area contributed by atoms with Gasteiger partial charge in [-0.25, -0.2) is 4.40 Å². The van der Waals surface area contributed by atoms with E-state index in [1.54, 1.807) is 0 Å². The van der Waals surface area contributed by atoms with Gasteiger partial charge >= 0.3 is 5.84 Å². The molecule has 0 unspecified atom stereocenters. The van der Waals surface area contributed by atoms with E-state index in [0.29, 0.717) is 5.84 Å². The van der Waals surface area contributed by atoms with E-state index in [9.17, 15) is 0 Å². The molecule has 4 nitrogen and oxygen atoms in total. The number of hydrogen-bond donors (Lipinski definition) is 0. The zero-order valence-corrected chi connectivity index (χ0v) is 19.9. The number of hydrogen-bond acceptors (Lipinski definition) is 2. The van der Waals surface area contributed by atoms with Gasteiger partial charge in [-0.3, -0.25) is 4.57 Å². The van der Waals surface area contributed by atoms with E-state index in [-0.39, 0.29) is 0 Å². The highest BCUT2D eigenvalue weighted by molar-refractivity contribution is 6.09. The summed E-state index contributed by atoms with van der Waals surface area (Å²) >= 11 is 0. The van der Waals surface area contributed by atoms with Crippen LogP contribution in [0.2, 0.25) is 0 Å². The van der Waals surface area contributed by atoms with Gasteiger partial charge in [0.2, 0.25) is 0 Å². The molecular weight excluding hydrogens is 454 g/mol. The molecule has 0 aliphatic carbocycles. The predicted molar refractivity (Wildman–Crippen MR) is 150 cm³/mol. The minimum Gasteiger partial charge on any atom is -0.423 e. The van der Waals surface area contributed by atoms with Crippen LogP contribution in [0.3, 0.4) is 0 Å². The van der Waals surface area contributed by atoms with Gasteiger partial charge in [0.15, 0.2) is 11.4 Å². The second-order valence-electron chi connectivity index (χ2n) is 9.28. The highest BCUT2D eigenvalue weighted by Crippen LogP contribution is 2.38. The molecule has 0 amide bonds. The molecule has 3 aromatic heterocycles. The van der Waals surface area contributed by atoms with E-state index in [2.05, 4.69) is 112 Å². The highest BCUT2D eigenvalue weighted by Gasteiger charge is 2.24. The molecule has 4 heteroatoms. The number of oxazole rings is 1. The molecular formula is C33H21N3O. The molecule has 0 spiro atoms. The summed E-state index contributed by atoms with van der Waals surface area (Å²) in [6.45, 7) is 0. The molecule has 37 heavy (non-hydrogen) atoms. The Kier molecular flexibility index (Phi) is 4.19. The molecule has 0 atom stereocenters. The number of imidazole rings is 1. The smallest absolute Gasteiger partial charge is 0.309 e. The average Bonchev–Trinajstić information content (AvgIpc) is 3.61. The first-order chi connectivity index (χ1) is 18.4. The molecule has 8 rings (SSSR count). The predicted octanol–water partition coefficient (Wildman–Crippen LogP) is 8.51. The largest absolute Gasteiger partial charge is 0.423 e. The fourth-order valence-corrected chi connectivity index (χ4v) is 5.51. The number of aromatic nitrogens is 3. The van der Waals surface area contributed by atoms with E-state index >= 15 is 0 Å². The van der Waals surface area contributed by atoms with Crippen LogP contribution < -0.4 is 0 Å². The number of rotatable bonds is 3. The molecule has 174 valence electrons. The van der Waals surface area contributed by atoms with Crippen LogP contribution in [0.25, 0.3) is 67.0 Å². The van der Waals surface area contributed by atoms with Crippen molar-refractivity contribution >= 4 is 38.7 Å². The second-order valence-corrected chi connectivity index (χ2v) is 9.28. The monoisotopic (exact) mass is 475 g/mol. The third-order valence-electron chi connectivity index (χ3n) is 7.19. The van der Waals surface area contributed by atoms with Crippen molar-refractivity contribution in [3.63, 3.8) is 0 Å². The maximum absolute atomic E-state index is 6.25. The lowest BCUT2D eigenvalue weighted by atomic mass is 10.0. The molecule has 0 aliphatic rings. The second kappa shape index (κ2) is 7.70. The normalized spacial score (nSPS) is 11.8. The van der Waals surface area contributed by atoms with Gasteiger partial charge in [-0.2, -0.15) is 4.98 Å². The maximum atomic E-state index is 6.25. The van der Waals surface area contributed by atoms with Crippen LogP contribution in [0.15, 0.2) is 132 Å². The third-order valence-corrected chi connectivity index (χ3v) is 7.19. The lowest BCUT2D eigenvalue weighted by Crippen LogP contribution is -2.00. The molecule has 5 aromatic carbocycles. The average molecular weight is 476 g/mol. The van der Waals surface area contributed by atoms with Gasteiger partial charge in [-0.15, -0.1) is 0 Å². The summed E-state index contributed by atoms with van der Waals surface area (Å²) in [5.74, 6) is 1.56. The van der Waals surface area contributed by atoms with E-state index in [0.717, 1.165) is 39.2 Å². The van der Waals surface area contributed by atoms with Crippen molar-refractivity contribution in [1.82, 2.24) is 14.0 Å². The molecule has 3 heterocycles. The Labute approximate surface area is 212 Å². The van der Waals surface area contributed by atoms with Gasteiger partial charge in [-0.05, 0) is 35.4 Å². The minimum absolute atomic E-state index is 0.584. The first kappa shape index (κ1) is 20.1. The van der Waals surface area contributed by atoms with Gasteiger partial charge in [0, 0.05) is 16.3 Å². The summed E-state index contributed by atoms with van der Waals surface area (Å²) < 4.78 is 10.7. The van der Waals surface area contributed by atoms with Crippen molar-refractivity contribution in [2.75, 3.05) is 0 Å². The molecule has 0 N–H and O–H groups in total. The van der Waals surface area contributed by atoms with Crippen LogP contribution in [0, 0.1) is 0 Å². The number of para-hydroxylation sites is 4. The highest BCUT2D eigenvalue weighted by atomic mass is 16.4. The van der Waals surface area contributed by atoms with E-state index in [1.807, 2.05) is 24.3 Å². The first-order valence-electron chi connectivity index (χ1n) is 12.4. The maximum Gasteiger partial charge on any atom is 0.309 e. The zero-order valence-electron chi connectivity index (χ0n) is 19.9. The number of benzene rings is 5. The fraction of sp³-hybridized carbons (Fsp3) is 0. The molecule has 8 aromatic rings. The van der Waals surface area contributed by atoms with E-state index in [4.69, 9.17) is 9.40 Å². The molecule has 0 saturated carbocycles. The van der Waals surface area contributed by atoms with Crippen LogP contribution in [0.5, 0.6) is 0 Å². The van der Waals surface area contributed by atoms with Crippen LogP contribution in [-0.4, -0.2) is 14.0 Å². The van der Waals surface area contributed by atoms with Gasteiger partial charge in [0.05, 0.1) is 16.6 Å². The summed E-state index contributed by atoms with van der Waals surface area (Å²) in [6, 6.07) is 44.3. The van der Waals surface area contributed by atoms with Crippen molar-refractivity contribution in [3.8, 4) is 28.2 Å². The van der Waals surface area contributed by atoms with Gasteiger partial charge in [-0.1, -0.05) is 103 Å². The van der Waals surface area contributed by atoms with E-state index in [1.165, 1.54) is 21.9 Å². The topological polar surface area (TPSA) is 35.4 Å². The van der Waals surface area contributed by atoms with Crippen LogP contribution in [-0.2, 0) is 0 Å². The summed E-state index contributed by atoms with van der Waals surface area (Å²) in [5.41, 5.74) is 8.38. The SMILES string of the molecule is c1ccc(-c2ccc(-c3nc4oc5ccccc5n4c3-n3c4ccccc4c4ccccc43)cc2)cc1. The number of fused-ring (bicyclic) bond motifs is 6. The summed E-state index contributed by atoms with van der Waals surface area (Å²) in [5, 5.41) is 2.43. The van der Waals surface area contributed by atoms with Crippen LogP contribution in [0.1, 0.15) is 0 Å². The Hall–Kier alpha value is -5.09. The fourth-order valence-electron chi connectivity index (χ4n) is 5.51. The molecule has 0 aliphatic heterocycles. The zero-order chi connectivity index (χ0) is 24.3. The molecule has 0 fully saturated rings. The Morgan fingerprint density at radius 1 is 0.486 bits per heavy atom. The standard InChI is InChI=1S/C33H21N3O/c1-2-10-22(11-3-1)23-18-20-24(21-19-23)31-32(36-29-16-8-9-17-30(29)37-33(36)34-31)35-27-14-6-4-12-25(27)26-13-5-7-15-28(26)35/h1-21H. The Morgan fingerprint density at radius 3 is 1.73 bits per heavy atom. The van der Waals surface area contributed by atoms with Crippen LogP contribution in [0.4, 0.5) is 0 Å². The Balaban J connectivity index is 1.47. The van der Waals surface area contributed by atoms with Gasteiger partial charge < -0.3 is 4.42 Å². The minimum atomic E-state index is 0.584. The molecule has 0 saturated heterocycles. The lowest BCUT2D eigenvalue weighted by molar-refractivity contribution is 0.641. The molecule has 0 radical (unpaired) electrons.